The fourth-order valence-corrected chi connectivity index (χ4v) is 2.43. The van der Waals surface area contributed by atoms with Crippen molar-refractivity contribution in [1.82, 2.24) is 9.88 Å². The number of anilines is 1. The number of aryl methyl sites for hydroxylation is 1. The third-order valence-electron chi connectivity index (χ3n) is 3.91. The van der Waals surface area contributed by atoms with Gasteiger partial charge in [-0.1, -0.05) is 13.3 Å². The number of rotatable bonds is 9. The van der Waals surface area contributed by atoms with Crippen LogP contribution in [0.1, 0.15) is 38.0 Å². The number of amides is 2. The van der Waals surface area contributed by atoms with E-state index in [-0.39, 0.29) is 6.03 Å². The Morgan fingerprint density at radius 3 is 2.68 bits per heavy atom. The van der Waals surface area contributed by atoms with Crippen molar-refractivity contribution < 1.29 is 14.6 Å². The first-order chi connectivity index (χ1) is 12.1. The first-order valence-corrected chi connectivity index (χ1v) is 8.67. The second-order valence-corrected chi connectivity index (χ2v) is 5.96. The lowest BCUT2D eigenvalue weighted by atomic mass is 10.2. The van der Waals surface area contributed by atoms with Crippen molar-refractivity contribution in [2.75, 3.05) is 18.5 Å². The molecule has 2 aromatic rings. The highest BCUT2D eigenvalue weighted by Crippen LogP contribution is 2.17. The molecule has 0 aliphatic carbocycles. The van der Waals surface area contributed by atoms with Gasteiger partial charge in [-0.25, -0.2) is 4.79 Å². The van der Waals surface area contributed by atoms with E-state index in [2.05, 4.69) is 17.6 Å². The second kappa shape index (κ2) is 9.74. The minimum atomic E-state index is -0.597. The third-order valence-corrected chi connectivity index (χ3v) is 3.91. The van der Waals surface area contributed by atoms with Gasteiger partial charge in [-0.15, -0.1) is 0 Å². The molecular formula is C19H27N3O3. The number of carbonyl (C=O) groups is 1. The van der Waals surface area contributed by atoms with E-state index in [4.69, 9.17) is 4.74 Å². The summed E-state index contributed by atoms with van der Waals surface area (Å²) in [4.78, 5) is 11.9. The number of aromatic nitrogens is 1. The molecule has 1 aromatic carbocycles. The minimum absolute atomic E-state index is 0.293. The van der Waals surface area contributed by atoms with Crippen molar-refractivity contribution in [1.29, 1.82) is 0 Å². The molecule has 0 saturated heterocycles. The van der Waals surface area contributed by atoms with Crippen LogP contribution in [0.25, 0.3) is 0 Å². The maximum Gasteiger partial charge on any atom is 0.319 e. The Bertz CT molecular complexity index is 652. The van der Waals surface area contributed by atoms with Gasteiger partial charge in [-0.05, 0) is 49.2 Å². The molecule has 0 spiro atoms. The van der Waals surface area contributed by atoms with E-state index in [0.717, 1.165) is 24.3 Å². The summed E-state index contributed by atoms with van der Waals surface area (Å²) in [6.07, 6.45) is 3.86. The highest BCUT2D eigenvalue weighted by Gasteiger charge is 2.10. The Hall–Kier alpha value is -2.47. The zero-order valence-electron chi connectivity index (χ0n) is 14.9. The van der Waals surface area contributed by atoms with Crippen LogP contribution in [-0.4, -0.2) is 28.9 Å². The molecule has 0 bridgehead atoms. The quantitative estimate of drug-likeness (QED) is 0.609. The summed E-state index contributed by atoms with van der Waals surface area (Å²) in [7, 11) is 1.88. The molecule has 0 saturated carbocycles. The first-order valence-electron chi connectivity index (χ1n) is 8.67. The monoisotopic (exact) mass is 345 g/mol. The van der Waals surface area contributed by atoms with E-state index in [1.165, 1.54) is 0 Å². The Kier molecular flexibility index (Phi) is 7.35. The molecule has 3 N–H and O–H groups in total. The molecule has 6 nitrogen and oxygen atoms in total. The number of unbranched alkanes of at least 4 members (excludes halogenated alkanes) is 1. The van der Waals surface area contributed by atoms with Gasteiger partial charge in [0.15, 0.2) is 0 Å². The topological polar surface area (TPSA) is 75.5 Å². The number of urea groups is 1. The van der Waals surface area contributed by atoms with Gasteiger partial charge >= 0.3 is 6.03 Å². The minimum Gasteiger partial charge on any atom is -0.494 e. The molecular weight excluding hydrogens is 318 g/mol. The number of carbonyl (C=O) groups excluding carboxylic acids is 1. The molecule has 136 valence electrons. The Morgan fingerprint density at radius 1 is 1.28 bits per heavy atom. The van der Waals surface area contributed by atoms with Crippen molar-refractivity contribution in [2.45, 2.75) is 32.3 Å². The third kappa shape index (κ3) is 6.15. The molecule has 2 amide bonds. The van der Waals surface area contributed by atoms with E-state index < -0.39 is 6.10 Å². The van der Waals surface area contributed by atoms with E-state index in [0.29, 0.717) is 25.3 Å². The zero-order valence-corrected chi connectivity index (χ0v) is 14.9. The Balaban J connectivity index is 1.70. The highest BCUT2D eigenvalue weighted by atomic mass is 16.5. The standard InChI is InChI=1S/C19H27N3O3/c1-3-4-14-25-16-9-7-15(8-10-16)21-19(24)20-12-11-18(23)17-6-5-13-22(17)2/h5-10,13,18,23H,3-4,11-12,14H2,1-2H3,(H2,20,21,24). The van der Waals surface area contributed by atoms with Crippen molar-refractivity contribution in [3.63, 3.8) is 0 Å². The maximum atomic E-state index is 11.9. The molecule has 0 aliphatic heterocycles. The number of hydrogen-bond donors (Lipinski definition) is 3. The molecule has 0 aliphatic rings. The average molecular weight is 345 g/mol. The predicted molar refractivity (Wildman–Crippen MR) is 98.9 cm³/mol. The summed E-state index contributed by atoms with van der Waals surface area (Å²) in [5.41, 5.74) is 1.53. The first kappa shape index (κ1) is 18.9. The summed E-state index contributed by atoms with van der Waals surface area (Å²) >= 11 is 0. The van der Waals surface area contributed by atoms with Crippen LogP contribution >= 0.6 is 0 Å². The van der Waals surface area contributed by atoms with Crippen LogP contribution in [0.15, 0.2) is 42.6 Å². The highest BCUT2D eigenvalue weighted by molar-refractivity contribution is 5.89. The van der Waals surface area contributed by atoms with Gasteiger partial charge in [0.2, 0.25) is 0 Å². The molecule has 0 fully saturated rings. The second-order valence-electron chi connectivity index (χ2n) is 5.96. The summed E-state index contributed by atoms with van der Waals surface area (Å²) in [5.74, 6) is 0.796. The summed E-state index contributed by atoms with van der Waals surface area (Å²) in [6.45, 7) is 3.21. The zero-order chi connectivity index (χ0) is 18.1. The van der Waals surface area contributed by atoms with E-state index in [1.54, 1.807) is 12.1 Å². The van der Waals surface area contributed by atoms with Crippen LogP contribution < -0.4 is 15.4 Å². The summed E-state index contributed by atoms with van der Waals surface area (Å²) < 4.78 is 7.45. The van der Waals surface area contributed by atoms with Crippen LogP contribution in [0.2, 0.25) is 0 Å². The Morgan fingerprint density at radius 2 is 2.04 bits per heavy atom. The maximum absolute atomic E-state index is 11.9. The fourth-order valence-electron chi connectivity index (χ4n) is 2.43. The molecule has 25 heavy (non-hydrogen) atoms. The fraction of sp³-hybridized carbons (Fsp3) is 0.421. The van der Waals surface area contributed by atoms with Crippen LogP contribution in [-0.2, 0) is 7.05 Å². The molecule has 6 heteroatoms. The largest absolute Gasteiger partial charge is 0.494 e. The van der Waals surface area contributed by atoms with Crippen molar-refractivity contribution >= 4 is 11.7 Å². The number of nitrogens with zero attached hydrogens (tertiary/aromatic N) is 1. The predicted octanol–water partition coefficient (Wildman–Crippen LogP) is 3.45. The van der Waals surface area contributed by atoms with Gasteiger partial charge in [0.05, 0.1) is 12.7 Å². The molecule has 2 rings (SSSR count). The number of benzene rings is 1. The van der Waals surface area contributed by atoms with E-state index in [9.17, 15) is 9.90 Å². The van der Waals surface area contributed by atoms with Gasteiger partial charge in [0.1, 0.15) is 5.75 Å². The summed E-state index contributed by atoms with van der Waals surface area (Å²) in [6, 6.07) is 10.7. The number of hydrogen-bond acceptors (Lipinski definition) is 3. The van der Waals surface area contributed by atoms with Crippen molar-refractivity contribution in [3.8, 4) is 5.75 Å². The van der Waals surface area contributed by atoms with Crippen molar-refractivity contribution in [2.24, 2.45) is 7.05 Å². The van der Waals surface area contributed by atoms with Gasteiger partial charge in [-0.3, -0.25) is 0 Å². The lowest BCUT2D eigenvalue weighted by Gasteiger charge is -2.13. The van der Waals surface area contributed by atoms with Crippen LogP contribution in [0.5, 0.6) is 5.75 Å². The number of nitrogens with one attached hydrogen (secondary N) is 2. The van der Waals surface area contributed by atoms with E-state index in [1.807, 2.05) is 42.1 Å². The van der Waals surface area contributed by atoms with Crippen LogP contribution in [0.4, 0.5) is 10.5 Å². The molecule has 1 atom stereocenters. The van der Waals surface area contributed by atoms with Gasteiger partial charge in [0, 0.05) is 31.2 Å². The molecule has 1 heterocycles. The van der Waals surface area contributed by atoms with E-state index >= 15 is 0 Å². The van der Waals surface area contributed by atoms with Crippen LogP contribution in [0.3, 0.4) is 0 Å². The lowest BCUT2D eigenvalue weighted by Crippen LogP contribution is -2.30. The number of aliphatic hydroxyl groups excluding tert-OH is 1. The number of aliphatic hydroxyl groups is 1. The lowest BCUT2D eigenvalue weighted by molar-refractivity contribution is 0.159. The number of ether oxygens (including phenoxy) is 1. The normalized spacial score (nSPS) is 11.8. The smallest absolute Gasteiger partial charge is 0.319 e. The Labute approximate surface area is 148 Å². The van der Waals surface area contributed by atoms with Crippen LogP contribution in [0, 0.1) is 0 Å². The molecule has 0 radical (unpaired) electrons. The average Bonchev–Trinajstić information content (AvgIpc) is 3.03. The van der Waals surface area contributed by atoms with Gasteiger partial charge in [0.25, 0.3) is 0 Å². The van der Waals surface area contributed by atoms with Crippen molar-refractivity contribution in [3.05, 3.63) is 48.3 Å². The van der Waals surface area contributed by atoms with Gasteiger partial charge < -0.3 is 25.0 Å². The molecule has 1 aromatic heterocycles. The molecule has 1 unspecified atom stereocenters. The SMILES string of the molecule is CCCCOc1ccc(NC(=O)NCCC(O)c2cccn2C)cc1. The summed E-state index contributed by atoms with van der Waals surface area (Å²) in [5, 5.41) is 15.6. The van der Waals surface area contributed by atoms with Gasteiger partial charge in [-0.2, -0.15) is 0 Å².